The number of Topliss-reactive ketones (excluding diaryl/α,β-unsaturated/α-hetero) is 1. The molecule has 7 heteroatoms. The van der Waals surface area contributed by atoms with Crippen LogP contribution in [0.25, 0.3) is 0 Å². The molecule has 1 aliphatic rings. The summed E-state index contributed by atoms with van der Waals surface area (Å²) < 4.78 is 18.7. The van der Waals surface area contributed by atoms with Crippen molar-refractivity contribution in [1.82, 2.24) is 4.98 Å². The molecule has 0 radical (unpaired) electrons. The van der Waals surface area contributed by atoms with Crippen LogP contribution in [0.4, 0.5) is 10.2 Å². The molecule has 0 aliphatic carbocycles. The van der Waals surface area contributed by atoms with Gasteiger partial charge in [0.15, 0.2) is 24.0 Å². The molecular formula is C15H10BrFN2O3. The Morgan fingerprint density at radius 3 is 2.73 bits per heavy atom. The van der Waals surface area contributed by atoms with Crippen LogP contribution in [0.5, 0.6) is 5.75 Å². The molecule has 0 unspecified atom stereocenters. The Morgan fingerprint density at radius 1 is 1.27 bits per heavy atom. The molecule has 22 heavy (non-hydrogen) atoms. The first kappa shape index (κ1) is 14.6. The number of hydrogen-bond acceptors (Lipinski definition) is 4. The van der Waals surface area contributed by atoms with E-state index in [0.29, 0.717) is 21.7 Å². The number of anilines is 1. The lowest BCUT2D eigenvalue weighted by atomic mass is 10.1. The zero-order valence-electron chi connectivity index (χ0n) is 11.3. The molecule has 3 rings (SSSR count). The van der Waals surface area contributed by atoms with Gasteiger partial charge in [-0.2, -0.15) is 0 Å². The molecule has 0 spiro atoms. The van der Waals surface area contributed by atoms with Gasteiger partial charge >= 0.3 is 0 Å². The van der Waals surface area contributed by atoms with Gasteiger partial charge in [-0.05, 0) is 52.3 Å². The van der Waals surface area contributed by atoms with E-state index in [2.05, 4.69) is 20.9 Å². The van der Waals surface area contributed by atoms with E-state index in [1.54, 1.807) is 12.1 Å². The molecule has 0 N–H and O–H groups in total. The highest BCUT2D eigenvalue weighted by Gasteiger charge is 2.29. The molecule has 5 nitrogen and oxygen atoms in total. The van der Waals surface area contributed by atoms with Crippen molar-refractivity contribution in [2.75, 3.05) is 18.1 Å². The van der Waals surface area contributed by atoms with Gasteiger partial charge in [-0.25, -0.2) is 9.37 Å². The zero-order valence-corrected chi connectivity index (χ0v) is 12.8. The van der Waals surface area contributed by atoms with Gasteiger partial charge in [-0.15, -0.1) is 0 Å². The van der Waals surface area contributed by atoms with E-state index in [1.165, 1.54) is 29.2 Å². The lowest BCUT2D eigenvalue weighted by molar-refractivity contribution is -0.121. The monoisotopic (exact) mass is 364 g/mol. The van der Waals surface area contributed by atoms with Crippen LogP contribution in [0, 0.1) is 5.82 Å². The van der Waals surface area contributed by atoms with E-state index in [4.69, 9.17) is 4.74 Å². The molecule has 1 amide bonds. The Labute approximate surface area is 133 Å². The predicted octanol–water partition coefficient (Wildman–Crippen LogP) is 2.59. The molecule has 2 aromatic rings. The van der Waals surface area contributed by atoms with Crippen LogP contribution in [0.2, 0.25) is 0 Å². The first-order valence-electron chi connectivity index (χ1n) is 6.43. The zero-order chi connectivity index (χ0) is 15.7. The summed E-state index contributed by atoms with van der Waals surface area (Å²) >= 11 is 3.23. The Kier molecular flexibility index (Phi) is 3.89. The molecule has 0 fully saturated rings. The average Bonchev–Trinajstić information content (AvgIpc) is 2.51. The Morgan fingerprint density at radius 2 is 2.00 bits per heavy atom. The fourth-order valence-corrected chi connectivity index (χ4v) is 2.39. The number of carbonyl (C=O) groups is 2. The lowest BCUT2D eigenvalue weighted by Gasteiger charge is -2.27. The standard InChI is InChI=1S/C15H10BrFN2O3/c16-13-6-5-12-15(18-13)19(14(21)8-22-12)7-11(20)9-1-3-10(17)4-2-9/h1-6H,7-8H2. The SMILES string of the molecule is O=C(CN1C(=O)COc2ccc(Br)nc21)c1ccc(F)cc1. The summed E-state index contributed by atoms with van der Waals surface area (Å²) in [6, 6.07) is 8.55. The number of ketones is 1. The third-order valence-corrected chi connectivity index (χ3v) is 3.62. The minimum atomic E-state index is -0.421. The first-order valence-corrected chi connectivity index (χ1v) is 7.22. The molecule has 1 aliphatic heterocycles. The van der Waals surface area contributed by atoms with Crippen molar-refractivity contribution in [3.05, 3.63) is 52.4 Å². The average molecular weight is 365 g/mol. The third-order valence-electron chi connectivity index (χ3n) is 3.18. The van der Waals surface area contributed by atoms with Crippen LogP contribution in [0.15, 0.2) is 41.0 Å². The number of benzene rings is 1. The summed E-state index contributed by atoms with van der Waals surface area (Å²) in [6.45, 7) is -0.322. The largest absolute Gasteiger partial charge is 0.480 e. The van der Waals surface area contributed by atoms with Gasteiger partial charge in [-0.3, -0.25) is 14.5 Å². The van der Waals surface area contributed by atoms with E-state index >= 15 is 0 Å². The number of aromatic nitrogens is 1. The summed E-state index contributed by atoms with van der Waals surface area (Å²) in [5, 5.41) is 0. The second-order valence-corrected chi connectivity index (χ2v) is 5.47. The van der Waals surface area contributed by atoms with Crippen molar-refractivity contribution in [3.63, 3.8) is 0 Å². The van der Waals surface area contributed by atoms with Crippen molar-refractivity contribution in [3.8, 4) is 5.75 Å². The van der Waals surface area contributed by atoms with Gasteiger partial charge in [0.25, 0.3) is 5.91 Å². The number of carbonyl (C=O) groups excluding carboxylic acids is 2. The van der Waals surface area contributed by atoms with Crippen LogP contribution in [-0.4, -0.2) is 29.8 Å². The number of hydrogen-bond donors (Lipinski definition) is 0. The molecule has 2 heterocycles. The molecular weight excluding hydrogens is 355 g/mol. The van der Waals surface area contributed by atoms with E-state index in [9.17, 15) is 14.0 Å². The van der Waals surface area contributed by atoms with Crippen LogP contribution in [-0.2, 0) is 4.79 Å². The normalized spacial score (nSPS) is 13.5. The molecule has 0 atom stereocenters. The van der Waals surface area contributed by atoms with Gasteiger partial charge in [-0.1, -0.05) is 0 Å². The van der Waals surface area contributed by atoms with Gasteiger partial charge in [0.05, 0.1) is 6.54 Å². The van der Waals surface area contributed by atoms with Crippen LogP contribution < -0.4 is 9.64 Å². The molecule has 112 valence electrons. The second-order valence-electron chi connectivity index (χ2n) is 4.65. The molecule has 1 aromatic heterocycles. The smallest absolute Gasteiger partial charge is 0.266 e. The molecule has 0 saturated heterocycles. The van der Waals surface area contributed by atoms with Crippen molar-refractivity contribution >= 4 is 33.4 Å². The highest BCUT2D eigenvalue weighted by molar-refractivity contribution is 9.10. The summed E-state index contributed by atoms with van der Waals surface area (Å²) in [7, 11) is 0. The maximum Gasteiger partial charge on any atom is 0.266 e. The highest BCUT2D eigenvalue weighted by atomic mass is 79.9. The van der Waals surface area contributed by atoms with Crippen LogP contribution >= 0.6 is 15.9 Å². The van der Waals surface area contributed by atoms with Gasteiger partial charge in [0, 0.05) is 5.56 Å². The van der Waals surface area contributed by atoms with Crippen molar-refractivity contribution in [2.45, 2.75) is 0 Å². The lowest BCUT2D eigenvalue weighted by Crippen LogP contribution is -2.42. The van der Waals surface area contributed by atoms with Crippen molar-refractivity contribution in [1.29, 1.82) is 0 Å². The quantitative estimate of drug-likeness (QED) is 0.620. The predicted molar refractivity (Wildman–Crippen MR) is 80.5 cm³/mol. The van der Waals surface area contributed by atoms with E-state index in [1.807, 2.05) is 0 Å². The maximum absolute atomic E-state index is 12.9. The number of amides is 1. The minimum Gasteiger partial charge on any atom is -0.480 e. The summed E-state index contributed by atoms with van der Waals surface area (Å²) in [4.78, 5) is 29.8. The number of nitrogens with zero attached hydrogens (tertiary/aromatic N) is 2. The summed E-state index contributed by atoms with van der Waals surface area (Å²) in [5.41, 5.74) is 0.331. The summed E-state index contributed by atoms with van der Waals surface area (Å²) in [5.74, 6) is -0.345. The second kappa shape index (κ2) is 5.84. The Hall–Kier alpha value is -2.28. The molecule has 0 saturated carbocycles. The fourth-order valence-electron chi connectivity index (χ4n) is 2.09. The summed E-state index contributed by atoms with van der Waals surface area (Å²) in [6.07, 6.45) is 0. The van der Waals surface area contributed by atoms with Crippen molar-refractivity contribution < 1.29 is 18.7 Å². The number of halogens is 2. The highest BCUT2D eigenvalue weighted by Crippen LogP contribution is 2.31. The minimum absolute atomic E-state index is 0.146. The van der Waals surface area contributed by atoms with E-state index in [0.717, 1.165) is 0 Å². The molecule has 0 bridgehead atoms. The maximum atomic E-state index is 12.9. The fraction of sp³-hybridized carbons (Fsp3) is 0.133. The topological polar surface area (TPSA) is 59.5 Å². The Bertz CT molecular complexity index is 749. The van der Waals surface area contributed by atoms with E-state index < -0.39 is 5.82 Å². The van der Waals surface area contributed by atoms with E-state index in [-0.39, 0.29) is 24.8 Å². The number of ether oxygens (including phenoxy) is 1. The van der Waals surface area contributed by atoms with Crippen LogP contribution in [0.1, 0.15) is 10.4 Å². The number of pyridine rings is 1. The Balaban J connectivity index is 1.88. The van der Waals surface area contributed by atoms with Gasteiger partial charge in [0.2, 0.25) is 0 Å². The van der Waals surface area contributed by atoms with Crippen LogP contribution in [0.3, 0.4) is 0 Å². The number of fused-ring (bicyclic) bond motifs is 1. The van der Waals surface area contributed by atoms with Crippen molar-refractivity contribution in [2.24, 2.45) is 0 Å². The number of rotatable bonds is 3. The first-order chi connectivity index (χ1) is 10.5. The third kappa shape index (κ3) is 2.85. The molecule has 1 aromatic carbocycles. The van der Waals surface area contributed by atoms with Gasteiger partial charge in [0.1, 0.15) is 10.4 Å². The van der Waals surface area contributed by atoms with Gasteiger partial charge < -0.3 is 4.74 Å².